The zero-order chi connectivity index (χ0) is 9.68. The van der Waals surface area contributed by atoms with Crippen LogP contribution in [-0.4, -0.2) is 43.2 Å². The molecule has 2 N–H and O–H groups in total. The van der Waals surface area contributed by atoms with Crippen molar-refractivity contribution in [3.05, 3.63) is 0 Å². The number of hydrogen-bond donors (Lipinski definition) is 2. The minimum Gasteiger partial charge on any atom is -0.334 e. The largest absolute Gasteiger partial charge is 0.334 e. The third-order valence-electron chi connectivity index (χ3n) is 2.44. The molecule has 2 amide bonds. The molecule has 0 spiro atoms. The van der Waals surface area contributed by atoms with E-state index in [-0.39, 0.29) is 18.4 Å². The molecule has 1 heterocycles. The molecule has 0 unspecified atom stereocenters. The number of amides is 2. The van der Waals surface area contributed by atoms with Crippen molar-refractivity contribution in [2.24, 2.45) is 0 Å². The van der Waals surface area contributed by atoms with E-state index in [1.165, 1.54) is 0 Å². The molecule has 14 heavy (non-hydrogen) atoms. The number of rotatable bonds is 3. The third kappa shape index (κ3) is 3.72. The molecular formula is C9H20ClN3O. The standard InChI is InChI=1S/C9H19N3O.ClH/c1-3-12(4-2)9(13)11-8-5-6-10-7-8;/h8,10H,3-7H2,1-2H3,(H,11,13);1H/t8-;/m1./s1. The summed E-state index contributed by atoms with van der Waals surface area (Å²) in [6, 6.07) is 0.395. The second-order valence-corrected chi connectivity index (χ2v) is 3.31. The van der Waals surface area contributed by atoms with Crippen molar-refractivity contribution in [2.45, 2.75) is 26.3 Å². The molecule has 0 aliphatic carbocycles. The van der Waals surface area contributed by atoms with Gasteiger partial charge in [0.15, 0.2) is 0 Å². The summed E-state index contributed by atoms with van der Waals surface area (Å²) < 4.78 is 0. The van der Waals surface area contributed by atoms with Crippen LogP contribution in [0.15, 0.2) is 0 Å². The van der Waals surface area contributed by atoms with Gasteiger partial charge in [0, 0.05) is 25.7 Å². The second-order valence-electron chi connectivity index (χ2n) is 3.31. The van der Waals surface area contributed by atoms with E-state index in [1.54, 1.807) is 4.90 Å². The lowest BCUT2D eigenvalue weighted by molar-refractivity contribution is 0.200. The van der Waals surface area contributed by atoms with Crippen LogP contribution in [0, 0.1) is 0 Å². The van der Waals surface area contributed by atoms with Crippen molar-refractivity contribution in [1.82, 2.24) is 15.5 Å². The van der Waals surface area contributed by atoms with Crippen LogP contribution < -0.4 is 10.6 Å². The molecule has 0 aromatic carbocycles. The Kier molecular flexibility index (Phi) is 6.66. The lowest BCUT2D eigenvalue weighted by atomic mass is 10.3. The molecule has 0 bridgehead atoms. The molecule has 1 atom stereocenters. The van der Waals surface area contributed by atoms with Gasteiger partial charge in [0.25, 0.3) is 0 Å². The van der Waals surface area contributed by atoms with Crippen LogP contribution in [0.1, 0.15) is 20.3 Å². The van der Waals surface area contributed by atoms with Gasteiger partial charge in [-0.3, -0.25) is 0 Å². The van der Waals surface area contributed by atoms with Gasteiger partial charge in [0.2, 0.25) is 0 Å². The topological polar surface area (TPSA) is 44.4 Å². The second kappa shape index (κ2) is 6.90. The van der Waals surface area contributed by atoms with Crippen LogP contribution in [0.4, 0.5) is 4.79 Å². The Morgan fingerprint density at radius 2 is 2.14 bits per heavy atom. The zero-order valence-electron chi connectivity index (χ0n) is 8.88. The number of urea groups is 1. The smallest absolute Gasteiger partial charge is 0.317 e. The van der Waals surface area contributed by atoms with Crippen LogP contribution in [0.25, 0.3) is 0 Å². The molecule has 0 aromatic rings. The van der Waals surface area contributed by atoms with Crippen molar-refractivity contribution in [2.75, 3.05) is 26.2 Å². The molecule has 84 valence electrons. The first-order chi connectivity index (χ1) is 6.27. The lowest BCUT2D eigenvalue weighted by Crippen LogP contribution is -2.45. The van der Waals surface area contributed by atoms with Gasteiger partial charge in [-0.25, -0.2) is 4.79 Å². The Balaban J connectivity index is 0.00000169. The van der Waals surface area contributed by atoms with Crippen LogP contribution in [-0.2, 0) is 0 Å². The molecule has 1 aliphatic rings. The van der Waals surface area contributed by atoms with Gasteiger partial charge in [-0.05, 0) is 26.8 Å². The van der Waals surface area contributed by atoms with Gasteiger partial charge in [-0.15, -0.1) is 12.4 Å². The predicted octanol–water partition coefficient (Wildman–Crippen LogP) is 0.821. The highest BCUT2D eigenvalue weighted by Gasteiger charge is 2.18. The minimum absolute atomic E-state index is 0. The number of nitrogens with zero attached hydrogens (tertiary/aromatic N) is 1. The van der Waals surface area contributed by atoms with E-state index >= 15 is 0 Å². The van der Waals surface area contributed by atoms with Gasteiger partial charge in [0.05, 0.1) is 0 Å². The molecule has 1 aliphatic heterocycles. The van der Waals surface area contributed by atoms with Crippen molar-refractivity contribution < 1.29 is 4.79 Å². The maximum Gasteiger partial charge on any atom is 0.317 e. The molecule has 0 aromatic heterocycles. The Bertz CT molecular complexity index is 167. The summed E-state index contributed by atoms with van der Waals surface area (Å²) in [5, 5.41) is 6.22. The van der Waals surface area contributed by atoms with Crippen molar-refractivity contribution in [3.63, 3.8) is 0 Å². The molecule has 1 saturated heterocycles. The van der Waals surface area contributed by atoms with Crippen LogP contribution >= 0.6 is 12.4 Å². The summed E-state index contributed by atoms with van der Waals surface area (Å²) in [6.07, 6.45) is 1.05. The van der Waals surface area contributed by atoms with Crippen molar-refractivity contribution in [1.29, 1.82) is 0 Å². The number of carbonyl (C=O) groups excluding carboxylic acids is 1. The van der Waals surface area contributed by atoms with E-state index in [1.807, 2.05) is 13.8 Å². The van der Waals surface area contributed by atoms with Crippen LogP contribution in [0.2, 0.25) is 0 Å². The number of nitrogens with one attached hydrogen (secondary N) is 2. The lowest BCUT2D eigenvalue weighted by Gasteiger charge is -2.21. The van der Waals surface area contributed by atoms with E-state index < -0.39 is 0 Å². The Hall–Kier alpha value is -0.480. The maximum atomic E-state index is 11.5. The first-order valence-corrected chi connectivity index (χ1v) is 5.04. The van der Waals surface area contributed by atoms with E-state index in [0.717, 1.165) is 32.6 Å². The van der Waals surface area contributed by atoms with E-state index in [0.29, 0.717) is 6.04 Å². The Morgan fingerprint density at radius 3 is 2.57 bits per heavy atom. The van der Waals surface area contributed by atoms with Gasteiger partial charge in [-0.2, -0.15) is 0 Å². The number of halogens is 1. The van der Waals surface area contributed by atoms with Crippen molar-refractivity contribution in [3.8, 4) is 0 Å². The highest BCUT2D eigenvalue weighted by Crippen LogP contribution is 1.98. The first kappa shape index (κ1) is 13.5. The fourth-order valence-electron chi connectivity index (χ4n) is 1.55. The molecule has 1 rings (SSSR count). The normalized spacial score (nSPS) is 20.0. The molecule has 0 saturated carbocycles. The SMILES string of the molecule is CCN(CC)C(=O)N[C@@H]1CCNC1.Cl. The predicted molar refractivity (Wildman–Crippen MR) is 60.0 cm³/mol. The van der Waals surface area contributed by atoms with Crippen molar-refractivity contribution >= 4 is 18.4 Å². The average Bonchev–Trinajstić information content (AvgIpc) is 2.59. The fraction of sp³-hybridized carbons (Fsp3) is 0.889. The quantitative estimate of drug-likeness (QED) is 0.741. The van der Waals surface area contributed by atoms with Gasteiger partial charge >= 0.3 is 6.03 Å². The number of hydrogen-bond acceptors (Lipinski definition) is 2. The van der Waals surface area contributed by atoms with Crippen LogP contribution in [0.3, 0.4) is 0 Å². The molecule has 0 radical (unpaired) electrons. The summed E-state index contributed by atoms with van der Waals surface area (Å²) in [7, 11) is 0. The van der Waals surface area contributed by atoms with Gasteiger partial charge < -0.3 is 15.5 Å². The monoisotopic (exact) mass is 221 g/mol. The third-order valence-corrected chi connectivity index (χ3v) is 2.44. The highest BCUT2D eigenvalue weighted by atomic mass is 35.5. The van der Waals surface area contributed by atoms with Crippen LogP contribution in [0.5, 0.6) is 0 Å². The molecule has 5 heteroatoms. The number of carbonyl (C=O) groups is 1. The first-order valence-electron chi connectivity index (χ1n) is 5.04. The van der Waals surface area contributed by atoms with E-state index in [4.69, 9.17) is 0 Å². The fourth-order valence-corrected chi connectivity index (χ4v) is 1.55. The summed E-state index contributed by atoms with van der Waals surface area (Å²) in [6.45, 7) is 7.48. The van der Waals surface area contributed by atoms with Gasteiger partial charge in [0.1, 0.15) is 0 Å². The maximum absolute atomic E-state index is 11.5. The molecule has 1 fully saturated rings. The summed E-state index contributed by atoms with van der Waals surface area (Å²) in [5.74, 6) is 0. The molecular weight excluding hydrogens is 202 g/mol. The van der Waals surface area contributed by atoms with E-state index in [9.17, 15) is 4.79 Å². The van der Waals surface area contributed by atoms with Gasteiger partial charge in [-0.1, -0.05) is 0 Å². The minimum atomic E-state index is 0. The highest BCUT2D eigenvalue weighted by molar-refractivity contribution is 5.85. The van der Waals surface area contributed by atoms with E-state index in [2.05, 4.69) is 10.6 Å². The summed E-state index contributed by atoms with van der Waals surface area (Å²) >= 11 is 0. The summed E-state index contributed by atoms with van der Waals surface area (Å²) in [5.41, 5.74) is 0. The summed E-state index contributed by atoms with van der Waals surface area (Å²) in [4.78, 5) is 13.4. The molecule has 4 nitrogen and oxygen atoms in total. The Morgan fingerprint density at radius 1 is 1.50 bits per heavy atom. The Labute approximate surface area is 91.8 Å². The average molecular weight is 222 g/mol. The zero-order valence-corrected chi connectivity index (χ0v) is 9.69.